The molecule has 0 radical (unpaired) electrons. The molecule has 3 aliphatic rings. The van der Waals surface area contributed by atoms with E-state index >= 15 is 0 Å². The zero-order valence-electron chi connectivity index (χ0n) is 18.6. The number of carbonyl (C=O) groups excluding carboxylic acids is 1. The predicted molar refractivity (Wildman–Crippen MR) is 119 cm³/mol. The standard InChI is InChI=1S/C24H28F3N5O/c1-16-12-19(17-2-3-17)13-29-21(16)31-8-10-32(11-9-31)22(33)18-4-6-20(7-5-18)23(24(25,26)27)14-28-15-30-23/h4-7,12-13,17,28,30H,2-3,8-11,14-15H2,1H3. The van der Waals surface area contributed by atoms with Crippen molar-refractivity contribution in [1.82, 2.24) is 20.5 Å². The van der Waals surface area contributed by atoms with Crippen LogP contribution in [0.15, 0.2) is 36.5 Å². The molecule has 1 aromatic heterocycles. The molecular weight excluding hydrogens is 431 g/mol. The average molecular weight is 460 g/mol. The van der Waals surface area contributed by atoms with Crippen molar-refractivity contribution in [2.24, 2.45) is 0 Å². The van der Waals surface area contributed by atoms with Crippen LogP contribution in [0.2, 0.25) is 0 Å². The summed E-state index contributed by atoms with van der Waals surface area (Å²) in [5.41, 5.74) is 0.851. The van der Waals surface area contributed by atoms with Crippen LogP contribution < -0.4 is 15.5 Å². The maximum atomic E-state index is 13.7. The molecule has 2 aromatic rings. The first-order valence-corrected chi connectivity index (χ1v) is 11.4. The van der Waals surface area contributed by atoms with Gasteiger partial charge in [0.05, 0.1) is 0 Å². The Hall–Kier alpha value is -2.65. The largest absolute Gasteiger partial charge is 0.412 e. The molecule has 1 aromatic carbocycles. The minimum absolute atomic E-state index is 0.0854. The lowest BCUT2D eigenvalue weighted by molar-refractivity contribution is -0.192. The summed E-state index contributed by atoms with van der Waals surface area (Å²) >= 11 is 0. The van der Waals surface area contributed by atoms with Gasteiger partial charge in [-0.1, -0.05) is 18.2 Å². The molecule has 1 amide bonds. The van der Waals surface area contributed by atoms with Crippen LogP contribution >= 0.6 is 0 Å². The number of nitrogens with one attached hydrogen (secondary N) is 2. The summed E-state index contributed by atoms with van der Waals surface area (Å²) in [4.78, 5) is 21.6. The second-order valence-corrected chi connectivity index (χ2v) is 9.22. The molecule has 6 nitrogen and oxygen atoms in total. The van der Waals surface area contributed by atoms with Crippen molar-refractivity contribution in [1.29, 1.82) is 0 Å². The second kappa shape index (κ2) is 8.29. The molecule has 33 heavy (non-hydrogen) atoms. The lowest BCUT2D eigenvalue weighted by atomic mass is 9.89. The first-order valence-electron chi connectivity index (χ1n) is 11.4. The Balaban J connectivity index is 1.24. The summed E-state index contributed by atoms with van der Waals surface area (Å²) in [6.45, 7) is 4.37. The fraction of sp³-hybridized carbons (Fsp3) is 0.500. The number of pyridine rings is 1. The molecule has 1 atom stereocenters. The maximum Gasteiger partial charge on any atom is 0.412 e. The highest BCUT2D eigenvalue weighted by molar-refractivity contribution is 5.94. The number of rotatable bonds is 4. The third-order valence-corrected chi connectivity index (χ3v) is 7.00. The van der Waals surface area contributed by atoms with Crippen LogP contribution in [0.25, 0.3) is 0 Å². The van der Waals surface area contributed by atoms with E-state index in [2.05, 4.69) is 33.5 Å². The Bertz CT molecular complexity index is 1020. The van der Waals surface area contributed by atoms with Crippen molar-refractivity contribution in [3.8, 4) is 0 Å². The number of benzene rings is 1. The van der Waals surface area contributed by atoms with E-state index in [0.717, 1.165) is 11.4 Å². The fourth-order valence-electron chi connectivity index (χ4n) is 4.86. The highest BCUT2D eigenvalue weighted by Gasteiger charge is 2.57. The number of carbonyl (C=O) groups is 1. The van der Waals surface area contributed by atoms with Gasteiger partial charge in [0.15, 0.2) is 5.54 Å². The summed E-state index contributed by atoms with van der Waals surface area (Å²) in [6.07, 6.45) is 0.0164. The topological polar surface area (TPSA) is 60.5 Å². The Morgan fingerprint density at radius 1 is 1.12 bits per heavy atom. The third kappa shape index (κ3) is 4.08. The normalized spacial score (nSPS) is 23.8. The molecule has 176 valence electrons. The third-order valence-electron chi connectivity index (χ3n) is 7.00. The zero-order chi connectivity index (χ0) is 23.2. The smallest absolute Gasteiger partial charge is 0.353 e. The summed E-state index contributed by atoms with van der Waals surface area (Å²) in [5, 5.41) is 5.26. The Kier molecular flexibility index (Phi) is 5.56. The lowest BCUT2D eigenvalue weighted by Crippen LogP contribution is -2.52. The van der Waals surface area contributed by atoms with E-state index < -0.39 is 11.7 Å². The molecule has 1 aliphatic carbocycles. The minimum atomic E-state index is -4.44. The van der Waals surface area contributed by atoms with Crippen molar-refractivity contribution in [3.05, 3.63) is 58.8 Å². The number of nitrogens with zero attached hydrogens (tertiary/aromatic N) is 3. The Morgan fingerprint density at radius 2 is 1.82 bits per heavy atom. The van der Waals surface area contributed by atoms with E-state index in [-0.39, 0.29) is 24.7 Å². The molecule has 0 spiro atoms. The van der Waals surface area contributed by atoms with Gasteiger partial charge >= 0.3 is 6.18 Å². The van der Waals surface area contributed by atoms with Crippen molar-refractivity contribution in [2.75, 3.05) is 44.3 Å². The van der Waals surface area contributed by atoms with Gasteiger partial charge in [-0.2, -0.15) is 13.2 Å². The maximum absolute atomic E-state index is 13.7. The fourth-order valence-corrected chi connectivity index (χ4v) is 4.86. The van der Waals surface area contributed by atoms with Crippen LogP contribution in [0.5, 0.6) is 0 Å². The number of piperazine rings is 1. The van der Waals surface area contributed by atoms with E-state index in [1.165, 1.54) is 42.7 Å². The van der Waals surface area contributed by atoms with E-state index in [4.69, 9.17) is 0 Å². The van der Waals surface area contributed by atoms with Gasteiger partial charge in [0, 0.05) is 51.2 Å². The molecule has 9 heteroatoms. The molecule has 3 fully saturated rings. The summed E-state index contributed by atoms with van der Waals surface area (Å²) in [6, 6.07) is 8.04. The predicted octanol–water partition coefficient (Wildman–Crippen LogP) is 3.14. The lowest BCUT2D eigenvalue weighted by Gasteiger charge is -2.36. The number of aryl methyl sites for hydroxylation is 1. The molecule has 0 bridgehead atoms. The zero-order valence-corrected chi connectivity index (χ0v) is 18.6. The van der Waals surface area contributed by atoms with E-state index in [9.17, 15) is 18.0 Å². The Labute approximate surface area is 191 Å². The monoisotopic (exact) mass is 459 g/mol. The van der Waals surface area contributed by atoms with Crippen molar-refractivity contribution < 1.29 is 18.0 Å². The molecule has 3 heterocycles. The van der Waals surface area contributed by atoms with Crippen molar-refractivity contribution in [3.63, 3.8) is 0 Å². The number of hydrogen-bond donors (Lipinski definition) is 2. The van der Waals surface area contributed by atoms with Crippen LogP contribution in [0.1, 0.15) is 45.8 Å². The molecule has 2 N–H and O–H groups in total. The molecule has 2 aliphatic heterocycles. The molecular formula is C24H28F3N5O. The van der Waals surface area contributed by atoms with Crippen LogP contribution in [-0.2, 0) is 5.54 Å². The van der Waals surface area contributed by atoms with Gasteiger partial charge in [-0.05, 0) is 54.5 Å². The van der Waals surface area contributed by atoms with Crippen LogP contribution in [0.4, 0.5) is 19.0 Å². The van der Waals surface area contributed by atoms with Crippen molar-refractivity contribution in [2.45, 2.75) is 37.4 Å². The molecule has 1 unspecified atom stereocenters. The Morgan fingerprint density at radius 3 is 2.36 bits per heavy atom. The number of hydrogen-bond acceptors (Lipinski definition) is 5. The SMILES string of the molecule is Cc1cc(C2CC2)cnc1N1CCN(C(=O)c2ccc(C3(C(F)(F)F)CNCN3)cc2)CC1. The van der Waals surface area contributed by atoms with Crippen LogP contribution in [0.3, 0.4) is 0 Å². The minimum Gasteiger partial charge on any atom is -0.353 e. The van der Waals surface area contributed by atoms with E-state index in [1.807, 2.05) is 6.20 Å². The number of halogens is 3. The number of anilines is 1. The summed E-state index contributed by atoms with van der Waals surface area (Å²) in [5.74, 6) is 1.47. The molecule has 1 saturated carbocycles. The van der Waals surface area contributed by atoms with E-state index in [1.54, 1.807) is 4.90 Å². The van der Waals surface area contributed by atoms with Gasteiger partial charge in [0.2, 0.25) is 0 Å². The van der Waals surface area contributed by atoms with Gasteiger partial charge in [0.25, 0.3) is 5.91 Å². The summed E-state index contributed by atoms with van der Waals surface area (Å²) in [7, 11) is 0. The number of amides is 1. The van der Waals surface area contributed by atoms with Gasteiger partial charge in [-0.3, -0.25) is 10.1 Å². The van der Waals surface area contributed by atoms with Gasteiger partial charge < -0.3 is 15.1 Å². The highest BCUT2D eigenvalue weighted by Crippen LogP contribution is 2.41. The molecule has 5 rings (SSSR count). The van der Waals surface area contributed by atoms with Crippen LogP contribution in [0, 0.1) is 6.92 Å². The molecule has 2 saturated heterocycles. The highest BCUT2D eigenvalue weighted by atomic mass is 19.4. The number of alkyl halides is 3. The first kappa shape index (κ1) is 22.2. The van der Waals surface area contributed by atoms with Crippen molar-refractivity contribution >= 4 is 11.7 Å². The van der Waals surface area contributed by atoms with Gasteiger partial charge in [-0.25, -0.2) is 4.98 Å². The van der Waals surface area contributed by atoms with Gasteiger partial charge in [0.1, 0.15) is 5.82 Å². The first-order chi connectivity index (χ1) is 15.8. The second-order valence-electron chi connectivity index (χ2n) is 9.22. The summed E-state index contributed by atoms with van der Waals surface area (Å²) < 4.78 is 41.2. The average Bonchev–Trinajstić information content (AvgIpc) is 3.53. The van der Waals surface area contributed by atoms with Crippen LogP contribution in [-0.4, -0.2) is 61.4 Å². The number of aromatic nitrogens is 1. The quantitative estimate of drug-likeness (QED) is 0.736. The van der Waals surface area contributed by atoms with Gasteiger partial charge in [-0.15, -0.1) is 0 Å². The van der Waals surface area contributed by atoms with E-state index in [0.29, 0.717) is 37.7 Å².